The van der Waals surface area contributed by atoms with Crippen molar-refractivity contribution in [3.8, 4) is 0 Å². The van der Waals surface area contributed by atoms with Crippen LogP contribution < -0.4 is 15.4 Å². The molecule has 0 bridgehead atoms. The van der Waals surface area contributed by atoms with Crippen molar-refractivity contribution in [3.05, 3.63) is 45.4 Å². The summed E-state index contributed by atoms with van der Waals surface area (Å²) in [7, 11) is -2.01. The van der Waals surface area contributed by atoms with Crippen molar-refractivity contribution < 1.29 is 8.42 Å². The third kappa shape index (κ3) is 7.30. The molecule has 0 aliphatic heterocycles. The number of hydrogen-bond acceptors (Lipinski definition) is 5. The van der Waals surface area contributed by atoms with Gasteiger partial charge < -0.3 is 10.6 Å². The topological polar surface area (TPSA) is 95.5 Å². The Morgan fingerprint density at radius 2 is 1.86 bits per heavy atom. The molecule has 28 heavy (non-hydrogen) atoms. The summed E-state index contributed by atoms with van der Waals surface area (Å²) in [6.45, 7) is 8.11. The van der Waals surface area contributed by atoms with E-state index >= 15 is 0 Å². The molecule has 1 aromatic heterocycles. The molecule has 2 aromatic rings. The number of aryl methyl sites for hydroxylation is 2. The van der Waals surface area contributed by atoms with Crippen LogP contribution in [0.4, 0.5) is 0 Å². The molecule has 10 heteroatoms. The van der Waals surface area contributed by atoms with E-state index in [0.29, 0.717) is 6.54 Å². The van der Waals surface area contributed by atoms with Crippen molar-refractivity contribution in [3.63, 3.8) is 0 Å². The molecule has 0 radical (unpaired) electrons. The molecule has 2 rings (SSSR count). The first-order valence-corrected chi connectivity index (χ1v) is 11.1. The van der Waals surface area contributed by atoms with Crippen LogP contribution in [0.2, 0.25) is 0 Å². The van der Waals surface area contributed by atoms with E-state index in [2.05, 4.69) is 32.3 Å². The Morgan fingerprint density at radius 1 is 1.18 bits per heavy atom. The van der Waals surface area contributed by atoms with E-state index in [1.807, 2.05) is 13.8 Å². The number of thiazole rings is 1. The van der Waals surface area contributed by atoms with Gasteiger partial charge in [0.25, 0.3) is 0 Å². The average molecular weight is 537 g/mol. The predicted octanol–water partition coefficient (Wildman–Crippen LogP) is 2.58. The molecule has 0 aliphatic carbocycles. The molecular formula is C18H28IN5O2S2. The van der Waals surface area contributed by atoms with Gasteiger partial charge in [0.05, 0.1) is 22.1 Å². The van der Waals surface area contributed by atoms with E-state index in [1.54, 1.807) is 35.6 Å². The van der Waals surface area contributed by atoms with Gasteiger partial charge in [-0.25, -0.2) is 23.1 Å². The standard InChI is InChI=1S/C18H27N5O2S2.HI/c1-5-20-18(21-11-10-17-23-13(2)14(3)26-17)22-12-15-6-8-16(9-7-15)27(24,25)19-4;/h6-9,19H,5,10-12H2,1-4H3,(H2,20,21,22);1H. The summed E-state index contributed by atoms with van der Waals surface area (Å²) in [5.74, 6) is 0.731. The van der Waals surface area contributed by atoms with E-state index in [0.717, 1.165) is 41.7 Å². The Morgan fingerprint density at radius 3 is 2.39 bits per heavy atom. The minimum atomic E-state index is -3.41. The number of aliphatic imine (C=N–C) groups is 1. The summed E-state index contributed by atoms with van der Waals surface area (Å²) in [4.78, 5) is 10.6. The third-order valence-electron chi connectivity index (χ3n) is 3.97. The van der Waals surface area contributed by atoms with Crippen molar-refractivity contribution in [1.29, 1.82) is 0 Å². The second kappa shape index (κ2) is 11.7. The molecule has 0 aliphatic rings. The Kier molecular flexibility index (Phi) is 10.4. The summed E-state index contributed by atoms with van der Waals surface area (Å²) in [5.41, 5.74) is 2.03. The lowest BCUT2D eigenvalue weighted by Gasteiger charge is -2.11. The highest BCUT2D eigenvalue weighted by Crippen LogP contribution is 2.16. The maximum atomic E-state index is 11.8. The first kappa shape index (κ1) is 24.8. The molecule has 7 nitrogen and oxygen atoms in total. The van der Waals surface area contributed by atoms with Gasteiger partial charge in [-0.05, 0) is 45.5 Å². The maximum Gasteiger partial charge on any atom is 0.240 e. The molecule has 1 aromatic carbocycles. The molecule has 0 atom stereocenters. The highest BCUT2D eigenvalue weighted by atomic mass is 127. The summed E-state index contributed by atoms with van der Waals surface area (Å²) >= 11 is 1.73. The quantitative estimate of drug-likeness (QED) is 0.274. The number of rotatable bonds is 8. The lowest BCUT2D eigenvalue weighted by molar-refractivity contribution is 0.588. The zero-order valence-electron chi connectivity index (χ0n) is 16.6. The Labute approximate surface area is 188 Å². The lowest BCUT2D eigenvalue weighted by atomic mass is 10.2. The zero-order valence-corrected chi connectivity index (χ0v) is 20.5. The van der Waals surface area contributed by atoms with Crippen LogP contribution >= 0.6 is 35.3 Å². The van der Waals surface area contributed by atoms with Crippen molar-refractivity contribution in [2.75, 3.05) is 20.1 Å². The molecule has 0 saturated carbocycles. The predicted molar refractivity (Wildman–Crippen MR) is 126 cm³/mol. The second-order valence-corrected chi connectivity index (χ2v) is 9.15. The molecule has 0 fully saturated rings. The van der Waals surface area contributed by atoms with Gasteiger partial charge in [-0.15, -0.1) is 35.3 Å². The van der Waals surface area contributed by atoms with Crippen molar-refractivity contribution in [1.82, 2.24) is 20.3 Å². The van der Waals surface area contributed by atoms with Crippen LogP contribution in [-0.4, -0.2) is 39.5 Å². The molecule has 0 spiro atoms. The maximum absolute atomic E-state index is 11.8. The fourth-order valence-corrected chi connectivity index (χ4v) is 4.00. The first-order valence-electron chi connectivity index (χ1n) is 8.83. The van der Waals surface area contributed by atoms with E-state index in [-0.39, 0.29) is 28.9 Å². The van der Waals surface area contributed by atoms with Crippen molar-refractivity contribution in [2.45, 2.75) is 38.6 Å². The largest absolute Gasteiger partial charge is 0.357 e. The number of halogens is 1. The minimum absolute atomic E-state index is 0. The Bertz CT molecular complexity index is 860. The smallest absolute Gasteiger partial charge is 0.240 e. The van der Waals surface area contributed by atoms with Crippen LogP contribution in [-0.2, 0) is 23.0 Å². The van der Waals surface area contributed by atoms with Crippen molar-refractivity contribution >= 4 is 51.3 Å². The number of aromatic nitrogens is 1. The SMILES string of the molecule is CCNC(=NCc1ccc(S(=O)(=O)NC)cc1)NCCc1nc(C)c(C)s1.I. The summed E-state index contributed by atoms with van der Waals surface area (Å²) < 4.78 is 25.8. The second-order valence-electron chi connectivity index (χ2n) is 5.97. The van der Waals surface area contributed by atoms with Gasteiger partial charge in [0.2, 0.25) is 10.0 Å². The first-order chi connectivity index (χ1) is 12.9. The molecular weight excluding hydrogens is 509 g/mol. The van der Waals surface area contributed by atoms with Gasteiger partial charge in [0.1, 0.15) is 0 Å². The zero-order chi connectivity index (χ0) is 19.9. The lowest BCUT2D eigenvalue weighted by Crippen LogP contribution is -2.38. The highest BCUT2D eigenvalue weighted by molar-refractivity contribution is 14.0. The summed E-state index contributed by atoms with van der Waals surface area (Å²) in [6, 6.07) is 6.73. The van der Waals surface area contributed by atoms with E-state index < -0.39 is 10.0 Å². The minimum Gasteiger partial charge on any atom is -0.357 e. The number of hydrogen-bond donors (Lipinski definition) is 3. The summed E-state index contributed by atoms with van der Waals surface area (Å²) in [5, 5.41) is 7.65. The summed E-state index contributed by atoms with van der Waals surface area (Å²) in [6.07, 6.45) is 0.848. The van der Waals surface area contributed by atoms with Gasteiger partial charge in [0, 0.05) is 24.4 Å². The number of benzene rings is 1. The average Bonchev–Trinajstić information content (AvgIpc) is 2.97. The monoisotopic (exact) mass is 537 g/mol. The van der Waals surface area contributed by atoms with Gasteiger partial charge in [-0.3, -0.25) is 0 Å². The molecule has 156 valence electrons. The Balaban J connectivity index is 0.00000392. The normalized spacial score (nSPS) is 11.8. The van der Waals surface area contributed by atoms with Crippen LogP contribution in [0.5, 0.6) is 0 Å². The van der Waals surface area contributed by atoms with E-state index in [4.69, 9.17) is 0 Å². The fraction of sp³-hybridized carbons (Fsp3) is 0.444. The van der Waals surface area contributed by atoms with Crippen molar-refractivity contribution in [2.24, 2.45) is 4.99 Å². The van der Waals surface area contributed by atoms with Gasteiger partial charge in [-0.2, -0.15) is 0 Å². The van der Waals surface area contributed by atoms with Crippen LogP contribution in [0.25, 0.3) is 0 Å². The van der Waals surface area contributed by atoms with Crippen LogP contribution in [0.15, 0.2) is 34.2 Å². The molecule has 0 saturated heterocycles. The van der Waals surface area contributed by atoms with Gasteiger partial charge >= 0.3 is 0 Å². The van der Waals surface area contributed by atoms with Gasteiger partial charge in [-0.1, -0.05) is 12.1 Å². The molecule has 3 N–H and O–H groups in total. The van der Waals surface area contributed by atoms with Crippen LogP contribution in [0.3, 0.4) is 0 Å². The number of guanidine groups is 1. The molecule has 1 heterocycles. The number of sulfonamides is 1. The third-order valence-corrected chi connectivity index (χ3v) is 6.53. The fourth-order valence-electron chi connectivity index (χ4n) is 2.34. The number of nitrogens with zero attached hydrogens (tertiary/aromatic N) is 2. The van der Waals surface area contributed by atoms with Crippen LogP contribution in [0.1, 0.15) is 28.1 Å². The van der Waals surface area contributed by atoms with Crippen LogP contribution in [0, 0.1) is 13.8 Å². The number of nitrogens with one attached hydrogen (secondary N) is 3. The van der Waals surface area contributed by atoms with Gasteiger partial charge in [0.15, 0.2) is 5.96 Å². The van der Waals surface area contributed by atoms with E-state index in [1.165, 1.54) is 11.9 Å². The highest BCUT2D eigenvalue weighted by Gasteiger charge is 2.10. The van der Waals surface area contributed by atoms with E-state index in [9.17, 15) is 8.42 Å². The Hall–Kier alpha value is -1.24. The molecule has 0 unspecified atom stereocenters. The molecule has 0 amide bonds.